The van der Waals surface area contributed by atoms with Crippen molar-refractivity contribution >= 4 is 45.4 Å². The Morgan fingerprint density at radius 1 is 1.12 bits per heavy atom. The summed E-state index contributed by atoms with van der Waals surface area (Å²) in [6, 6.07) is 15.6. The minimum absolute atomic E-state index is 0.314. The normalized spacial score (nSPS) is 13.8. The molecule has 0 aliphatic carbocycles. The number of nitrogens with two attached hydrogens (primary N) is 1. The predicted molar refractivity (Wildman–Crippen MR) is 135 cm³/mol. The van der Waals surface area contributed by atoms with Crippen LogP contribution in [0.4, 0.5) is 4.79 Å². The maximum absolute atomic E-state index is 12.7. The number of para-hydroxylation sites is 1. The van der Waals surface area contributed by atoms with Crippen molar-refractivity contribution in [1.29, 1.82) is 0 Å². The molecule has 2 heterocycles. The molecule has 3 N–H and O–H groups in total. The molecule has 1 aromatic heterocycles. The summed E-state index contributed by atoms with van der Waals surface area (Å²) >= 11 is 6.83. The van der Waals surface area contributed by atoms with Crippen molar-refractivity contribution in [2.75, 3.05) is 6.54 Å². The Bertz CT molecular complexity index is 1470. The molecule has 1 aliphatic heterocycles. The highest BCUT2D eigenvalue weighted by molar-refractivity contribution is 6.37. The van der Waals surface area contributed by atoms with Crippen LogP contribution in [0.2, 0.25) is 5.02 Å². The number of hydrogen-bond donors (Lipinski definition) is 2. The van der Waals surface area contributed by atoms with Gasteiger partial charge in [0.1, 0.15) is 5.60 Å². The summed E-state index contributed by atoms with van der Waals surface area (Å²) < 4.78 is 5.58. The summed E-state index contributed by atoms with van der Waals surface area (Å²) in [5.74, 6) is -0.534. The van der Waals surface area contributed by atoms with Crippen LogP contribution in [0.25, 0.3) is 32.9 Å². The first-order valence-electron chi connectivity index (χ1n) is 11.3. The Balaban J connectivity index is 1.68. The first kappa shape index (κ1) is 22.3. The van der Waals surface area contributed by atoms with Gasteiger partial charge >= 0.3 is 6.09 Å². The number of rotatable bonds is 2. The first-order chi connectivity index (χ1) is 16.1. The zero-order valence-electron chi connectivity index (χ0n) is 19.4. The van der Waals surface area contributed by atoms with E-state index in [0.717, 1.165) is 38.5 Å². The van der Waals surface area contributed by atoms with Gasteiger partial charge in [-0.1, -0.05) is 48.0 Å². The fraction of sp³-hybridized carbons (Fsp3) is 0.259. The third kappa shape index (κ3) is 3.78. The Labute approximate surface area is 202 Å². The lowest BCUT2D eigenvalue weighted by Crippen LogP contribution is -2.40. The molecule has 0 saturated heterocycles. The quantitative estimate of drug-likeness (QED) is 0.370. The number of amides is 2. The predicted octanol–water partition coefficient (Wildman–Crippen LogP) is 6.03. The van der Waals surface area contributed by atoms with E-state index in [0.29, 0.717) is 35.6 Å². The molecule has 0 bridgehead atoms. The molecule has 5 rings (SSSR count). The molecule has 1 aliphatic rings. The number of ether oxygens (including phenoxy) is 1. The number of benzene rings is 3. The van der Waals surface area contributed by atoms with Crippen molar-refractivity contribution < 1.29 is 14.3 Å². The van der Waals surface area contributed by atoms with Crippen molar-refractivity contribution in [3.63, 3.8) is 0 Å². The number of halogens is 1. The van der Waals surface area contributed by atoms with E-state index in [-0.39, 0.29) is 6.09 Å². The number of carbonyl (C=O) groups excluding carboxylic acids is 2. The maximum Gasteiger partial charge on any atom is 0.410 e. The third-order valence-electron chi connectivity index (χ3n) is 6.19. The molecular formula is C27H26ClN3O3. The number of fused-ring (bicyclic) bond motifs is 4. The van der Waals surface area contributed by atoms with Gasteiger partial charge in [-0.25, -0.2) is 4.79 Å². The van der Waals surface area contributed by atoms with Gasteiger partial charge in [-0.2, -0.15) is 0 Å². The van der Waals surface area contributed by atoms with E-state index in [4.69, 9.17) is 22.1 Å². The highest BCUT2D eigenvalue weighted by Gasteiger charge is 2.28. The van der Waals surface area contributed by atoms with Crippen molar-refractivity contribution in [3.8, 4) is 11.1 Å². The van der Waals surface area contributed by atoms with Crippen LogP contribution in [0, 0.1) is 0 Å². The van der Waals surface area contributed by atoms with Gasteiger partial charge in [-0.3, -0.25) is 4.79 Å². The van der Waals surface area contributed by atoms with Gasteiger partial charge in [0.2, 0.25) is 0 Å². The highest BCUT2D eigenvalue weighted by Crippen LogP contribution is 2.43. The van der Waals surface area contributed by atoms with Crippen LogP contribution >= 0.6 is 11.6 Å². The standard InChI is InChI=1S/C27H26ClN3O3/c1-27(2,3)34-26(33)31-12-11-16-15(14-31)7-6-9-17(16)22-20(28)13-19(25(29)32)24-23(22)18-8-4-5-10-21(18)30-24/h4-10,13,30H,11-12,14H2,1-3H3,(H2,29,32). The Morgan fingerprint density at radius 2 is 1.88 bits per heavy atom. The second-order valence-corrected chi connectivity index (χ2v) is 10.1. The second-order valence-electron chi connectivity index (χ2n) is 9.66. The van der Waals surface area contributed by atoms with Crippen molar-refractivity contribution in [2.45, 2.75) is 39.3 Å². The van der Waals surface area contributed by atoms with Gasteiger partial charge in [0.05, 0.1) is 11.1 Å². The molecule has 34 heavy (non-hydrogen) atoms. The topological polar surface area (TPSA) is 88.4 Å². The molecule has 0 unspecified atom stereocenters. The van der Waals surface area contributed by atoms with Crippen molar-refractivity contribution in [1.82, 2.24) is 9.88 Å². The number of carbonyl (C=O) groups is 2. The number of nitrogens with zero attached hydrogens (tertiary/aromatic N) is 1. The van der Waals surface area contributed by atoms with Crippen LogP contribution in [0.1, 0.15) is 42.3 Å². The minimum Gasteiger partial charge on any atom is -0.444 e. The Kier molecular flexibility index (Phi) is 5.29. The number of aromatic nitrogens is 1. The number of aromatic amines is 1. The van der Waals surface area contributed by atoms with E-state index in [9.17, 15) is 9.59 Å². The van der Waals surface area contributed by atoms with E-state index in [1.54, 1.807) is 11.0 Å². The third-order valence-corrected chi connectivity index (χ3v) is 6.49. The lowest BCUT2D eigenvalue weighted by Gasteiger charge is -2.32. The van der Waals surface area contributed by atoms with Gasteiger partial charge in [0.15, 0.2) is 0 Å². The van der Waals surface area contributed by atoms with E-state index in [1.165, 1.54) is 0 Å². The molecule has 3 aromatic carbocycles. The van der Waals surface area contributed by atoms with Crippen LogP contribution < -0.4 is 5.73 Å². The average Bonchev–Trinajstić information content (AvgIpc) is 3.16. The smallest absolute Gasteiger partial charge is 0.410 e. The average molecular weight is 476 g/mol. The molecule has 4 aromatic rings. The molecule has 7 heteroatoms. The summed E-state index contributed by atoms with van der Waals surface area (Å²) in [4.78, 5) is 30.0. The maximum atomic E-state index is 12.7. The number of primary amides is 1. The summed E-state index contributed by atoms with van der Waals surface area (Å²) in [5, 5.41) is 2.31. The van der Waals surface area contributed by atoms with E-state index < -0.39 is 11.5 Å². The monoisotopic (exact) mass is 475 g/mol. The fourth-order valence-corrected chi connectivity index (χ4v) is 5.08. The zero-order chi connectivity index (χ0) is 24.2. The van der Waals surface area contributed by atoms with Gasteiger partial charge in [0.25, 0.3) is 5.91 Å². The number of H-pyrrole nitrogens is 1. The van der Waals surface area contributed by atoms with E-state index in [2.05, 4.69) is 4.98 Å². The molecular weight excluding hydrogens is 450 g/mol. The second kappa shape index (κ2) is 8.06. The van der Waals surface area contributed by atoms with E-state index in [1.807, 2.05) is 63.2 Å². The van der Waals surface area contributed by atoms with Crippen LogP contribution in [0.5, 0.6) is 0 Å². The van der Waals surface area contributed by atoms with Gasteiger partial charge < -0.3 is 20.4 Å². The molecule has 2 amide bonds. The number of nitrogens with one attached hydrogen (secondary N) is 1. The molecule has 0 saturated carbocycles. The Hall–Kier alpha value is -3.51. The fourth-order valence-electron chi connectivity index (χ4n) is 4.78. The summed E-state index contributed by atoms with van der Waals surface area (Å²) in [7, 11) is 0. The van der Waals surface area contributed by atoms with Gasteiger partial charge in [-0.15, -0.1) is 0 Å². The zero-order valence-corrected chi connectivity index (χ0v) is 20.1. The molecule has 0 atom stereocenters. The lowest BCUT2D eigenvalue weighted by atomic mass is 9.88. The van der Waals surface area contributed by atoms with Gasteiger partial charge in [0, 0.05) is 40.0 Å². The largest absolute Gasteiger partial charge is 0.444 e. The summed E-state index contributed by atoms with van der Waals surface area (Å²) in [5.41, 5.74) is 11.1. The molecule has 0 radical (unpaired) electrons. The summed E-state index contributed by atoms with van der Waals surface area (Å²) in [6.07, 6.45) is 0.356. The van der Waals surface area contributed by atoms with Crippen LogP contribution in [-0.2, 0) is 17.7 Å². The van der Waals surface area contributed by atoms with E-state index >= 15 is 0 Å². The minimum atomic E-state index is -0.546. The van der Waals surface area contributed by atoms with Crippen LogP contribution in [-0.4, -0.2) is 34.0 Å². The van der Waals surface area contributed by atoms with Crippen LogP contribution in [0.3, 0.4) is 0 Å². The van der Waals surface area contributed by atoms with Crippen LogP contribution in [0.15, 0.2) is 48.5 Å². The molecule has 174 valence electrons. The summed E-state index contributed by atoms with van der Waals surface area (Å²) in [6.45, 7) is 6.61. The van der Waals surface area contributed by atoms with Crippen molar-refractivity contribution in [2.24, 2.45) is 5.73 Å². The first-order valence-corrected chi connectivity index (χ1v) is 11.6. The molecule has 6 nitrogen and oxygen atoms in total. The van der Waals surface area contributed by atoms with Crippen molar-refractivity contribution in [3.05, 3.63) is 70.2 Å². The molecule has 0 fully saturated rings. The van der Waals surface area contributed by atoms with Gasteiger partial charge in [-0.05, 0) is 56.0 Å². The molecule has 0 spiro atoms. The SMILES string of the molecule is CC(C)(C)OC(=O)N1CCc2c(cccc2-c2c(Cl)cc(C(N)=O)c3[nH]c4ccccc4c23)C1. The Morgan fingerprint density at radius 3 is 2.62 bits per heavy atom. The highest BCUT2D eigenvalue weighted by atomic mass is 35.5. The lowest BCUT2D eigenvalue weighted by molar-refractivity contribution is 0.0224. The number of hydrogen-bond acceptors (Lipinski definition) is 3.